The van der Waals surface area contributed by atoms with Crippen molar-refractivity contribution in [2.45, 2.75) is 13.2 Å². The van der Waals surface area contributed by atoms with Crippen molar-refractivity contribution in [3.05, 3.63) is 119 Å². The molecular formula is C26H21FN2O4. The van der Waals surface area contributed by atoms with Gasteiger partial charge in [-0.15, -0.1) is 0 Å². The third kappa shape index (κ3) is 5.86. The zero-order valence-corrected chi connectivity index (χ0v) is 17.6. The van der Waals surface area contributed by atoms with Gasteiger partial charge >= 0.3 is 0 Å². The molecule has 0 radical (unpaired) electrons. The van der Waals surface area contributed by atoms with E-state index in [0.717, 1.165) is 5.56 Å². The summed E-state index contributed by atoms with van der Waals surface area (Å²) in [6, 6.07) is 23.5. The molecule has 1 aromatic heterocycles. The first-order chi connectivity index (χ1) is 16.1. The van der Waals surface area contributed by atoms with Crippen LogP contribution < -0.4 is 15.4 Å². The predicted octanol–water partition coefficient (Wildman–Crippen LogP) is 5.18. The number of hydrogen-bond acceptors (Lipinski definition) is 4. The summed E-state index contributed by atoms with van der Waals surface area (Å²) in [7, 11) is 0. The van der Waals surface area contributed by atoms with Crippen molar-refractivity contribution in [1.82, 2.24) is 5.32 Å². The number of halogens is 1. The summed E-state index contributed by atoms with van der Waals surface area (Å²) in [6.45, 7) is 0.424. The van der Waals surface area contributed by atoms with Crippen LogP contribution in [0, 0.1) is 5.82 Å². The lowest BCUT2D eigenvalue weighted by atomic mass is 10.1. The second kappa shape index (κ2) is 10.3. The molecule has 1 heterocycles. The Hall–Kier alpha value is -4.39. The van der Waals surface area contributed by atoms with E-state index in [1.807, 2.05) is 36.4 Å². The number of amides is 2. The second-order valence-corrected chi connectivity index (χ2v) is 7.22. The van der Waals surface area contributed by atoms with E-state index < -0.39 is 11.7 Å². The van der Waals surface area contributed by atoms with E-state index in [1.165, 1.54) is 30.5 Å². The van der Waals surface area contributed by atoms with Gasteiger partial charge in [0.25, 0.3) is 11.8 Å². The fourth-order valence-electron chi connectivity index (χ4n) is 3.18. The summed E-state index contributed by atoms with van der Waals surface area (Å²) in [5.74, 6) is -0.399. The lowest BCUT2D eigenvalue weighted by molar-refractivity contribution is 0.0919. The Morgan fingerprint density at radius 2 is 1.70 bits per heavy atom. The molecule has 3 aromatic carbocycles. The van der Waals surface area contributed by atoms with Gasteiger partial charge in [0.1, 0.15) is 18.2 Å². The van der Waals surface area contributed by atoms with Gasteiger partial charge in [-0.2, -0.15) is 0 Å². The van der Waals surface area contributed by atoms with E-state index in [2.05, 4.69) is 10.6 Å². The van der Waals surface area contributed by atoms with Gasteiger partial charge < -0.3 is 19.8 Å². The van der Waals surface area contributed by atoms with Gasteiger partial charge in [0.15, 0.2) is 5.76 Å². The second-order valence-electron chi connectivity index (χ2n) is 7.22. The van der Waals surface area contributed by atoms with Gasteiger partial charge in [-0.1, -0.05) is 36.4 Å². The number of benzene rings is 3. The Bertz CT molecular complexity index is 1250. The van der Waals surface area contributed by atoms with Crippen LogP contribution in [0.5, 0.6) is 5.75 Å². The Morgan fingerprint density at radius 1 is 0.879 bits per heavy atom. The van der Waals surface area contributed by atoms with Crippen LogP contribution in [0.15, 0.2) is 95.6 Å². The van der Waals surface area contributed by atoms with E-state index in [1.54, 1.807) is 24.3 Å². The third-order valence-electron chi connectivity index (χ3n) is 4.82. The zero-order valence-electron chi connectivity index (χ0n) is 17.6. The minimum absolute atomic E-state index is 0.182. The number of hydrogen-bond donors (Lipinski definition) is 2. The number of para-hydroxylation sites is 1. The van der Waals surface area contributed by atoms with E-state index in [4.69, 9.17) is 9.15 Å². The molecule has 33 heavy (non-hydrogen) atoms. The number of carbonyl (C=O) groups excluding carboxylic acids is 2. The number of ether oxygens (including phenoxy) is 1. The SMILES string of the molecule is O=C(Nc1cccc(CNC(=O)c2occc2COc2ccccc2)c1)c1cccc(F)c1. The highest BCUT2D eigenvalue weighted by Crippen LogP contribution is 2.17. The smallest absolute Gasteiger partial charge is 0.287 e. The molecule has 4 rings (SSSR count). The van der Waals surface area contributed by atoms with Gasteiger partial charge in [-0.3, -0.25) is 9.59 Å². The lowest BCUT2D eigenvalue weighted by Gasteiger charge is -2.09. The maximum atomic E-state index is 13.4. The quantitative estimate of drug-likeness (QED) is 0.392. The summed E-state index contributed by atoms with van der Waals surface area (Å²) in [5, 5.41) is 5.54. The van der Waals surface area contributed by atoms with Crippen molar-refractivity contribution in [3.8, 4) is 5.75 Å². The lowest BCUT2D eigenvalue weighted by Crippen LogP contribution is -2.23. The van der Waals surface area contributed by atoms with Gasteiger partial charge in [-0.05, 0) is 54.1 Å². The summed E-state index contributed by atoms with van der Waals surface area (Å²) in [5.41, 5.74) is 2.16. The summed E-state index contributed by atoms with van der Waals surface area (Å²) in [6.07, 6.45) is 1.45. The Labute approximate surface area is 190 Å². The van der Waals surface area contributed by atoms with Crippen LogP contribution in [0.4, 0.5) is 10.1 Å². The number of rotatable bonds is 8. The molecule has 0 aliphatic carbocycles. The molecular weight excluding hydrogens is 423 g/mol. The normalized spacial score (nSPS) is 10.5. The van der Waals surface area contributed by atoms with Crippen LogP contribution in [0.1, 0.15) is 32.0 Å². The zero-order chi connectivity index (χ0) is 23.0. The minimum atomic E-state index is -0.481. The van der Waals surface area contributed by atoms with E-state index in [0.29, 0.717) is 17.0 Å². The fourth-order valence-corrected chi connectivity index (χ4v) is 3.18. The summed E-state index contributed by atoms with van der Waals surface area (Å²) >= 11 is 0. The molecule has 7 heteroatoms. The highest BCUT2D eigenvalue weighted by Gasteiger charge is 2.16. The van der Waals surface area contributed by atoms with E-state index >= 15 is 0 Å². The van der Waals surface area contributed by atoms with Crippen molar-refractivity contribution in [2.24, 2.45) is 0 Å². The van der Waals surface area contributed by atoms with Crippen LogP contribution in [0.25, 0.3) is 0 Å². The summed E-state index contributed by atoms with van der Waals surface area (Å²) in [4.78, 5) is 25.0. The van der Waals surface area contributed by atoms with Crippen LogP contribution in [-0.2, 0) is 13.2 Å². The predicted molar refractivity (Wildman–Crippen MR) is 121 cm³/mol. The van der Waals surface area contributed by atoms with Crippen LogP contribution >= 0.6 is 0 Å². The van der Waals surface area contributed by atoms with Crippen molar-refractivity contribution in [3.63, 3.8) is 0 Å². The Kier molecular flexibility index (Phi) is 6.80. The van der Waals surface area contributed by atoms with Gasteiger partial charge in [0, 0.05) is 23.4 Å². The van der Waals surface area contributed by atoms with Crippen molar-refractivity contribution in [1.29, 1.82) is 0 Å². The number of nitrogens with one attached hydrogen (secondary N) is 2. The highest BCUT2D eigenvalue weighted by molar-refractivity contribution is 6.04. The van der Waals surface area contributed by atoms with Crippen LogP contribution in [0.3, 0.4) is 0 Å². The minimum Gasteiger partial charge on any atom is -0.489 e. The number of furan rings is 1. The first-order valence-electron chi connectivity index (χ1n) is 10.3. The van der Waals surface area contributed by atoms with Gasteiger partial charge in [0.05, 0.1) is 6.26 Å². The average molecular weight is 444 g/mol. The largest absolute Gasteiger partial charge is 0.489 e. The standard InChI is InChI=1S/C26H21FN2O4/c27-21-8-5-7-19(15-21)25(30)29-22-9-4-6-18(14-22)16-28-26(31)24-20(12-13-32-24)17-33-23-10-2-1-3-11-23/h1-15H,16-17H2,(H,28,31)(H,29,30). The molecule has 0 bridgehead atoms. The molecule has 0 spiro atoms. The highest BCUT2D eigenvalue weighted by atomic mass is 19.1. The molecule has 0 atom stereocenters. The molecule has 0 saturated carbocycles. The maximum absolute atomic E-state index is 13.4. The first kappa shape index (κ1) is 21.8. The molecule has 0 aliphatic rings. The third-order valence-corrected chi connectivity index (χ3v) is 4.82. The Morgan fingerprint density at radius 3 is 2.52 bits per heavy atom. The molecule has 0 saturated heterocycles. The molecule has 2 N–H and O–H groups in total. The van der Waals surface area contributed by atoms with Crippen molar-refractivity contribution < 1.29 is 23.1 Å². The van der Waals surface area contributed by atoms with Crippen LogP contribution in [-0.4, -0.2) is 11.8 Å². The molecule has 0 fully saturated rings. The molecule has 0 aliphatic heterocycles. The molecule has 166 valence electrons. The topological polar surface area (TPSA) is 80.6 Å². The maximum Gasteiger partial charge on any atom is 0.287 e. The summed E-state index contributed by atoms with van der Waals surface area (Å²) < 4.78 is 24.4. The van der Waals surface area contributed by atoms with E-state index in [9.17, 15) is 14.0 Å². The molecule has 4 aromatic rings. The van der Waals surface area contributed by atoms with Gasteiger partial charge in [0.2, 0.25) is 0 Å². The number of anilines is 1. The van der Waals surface area contributed by atoms with Gasteiger partial charge in [-0.25, -0.2) is 4.39 Å². The monoisotopic (exact) mass is 444 g/mol. The van der Waals surface area contributed by atoms with Crippen molar-refractivity contribution in [2.75, 3.05) is 5.32 Å². The van der Waals surface area contributed by atoms with Crippen molar-refractivity contribution >= 4 is 17.5 Å². The first-order valence-corrected chi connectivity index (χ1v) is 10.3. The molecule has 6 nitrogen and oxygen atoms in total. The van der Waals surface area contributed by atoms with Crippen LogP contribution in [0.2, 0.25) is 0 Å². The van der Waals surface area contributed by atoms with E-state index in [-0.39, 0.29) is 30.4 Å². The molecule has 2 amide bonds. The Balaban J connectivity index is 1.34. The number of carbonyl (C=O) groups is 2. The molecule has 0 unspecified atom stereocenters. The fraction of sp³-hybridized carbons (Fsp3) is 0.0769. The average Bonchev–Trinajstić information content (AvgIpc) is 3.31.